The zero-order valence-corrected chi connectivity index (χ0v) is 19.5. The molecule has 13 nitrogen and oxygen atoms in total. The highest BCUT2D eigenvalue weighted by atomic mass is 32.2. The van der Waals surface area contributed by atoms with Crippen molar-refractivity contribution in [2.45, 2.75) is 37.9 Å². The van der Waals surface area contributed by atoms with Gasteiger partial charge in [0, 0.05) is 36.1 Å². The molecule has 1 unspecified atom stereocenters. The average molecular weight is 499 g/mol. The first-order chi connectivity index (χ1) is 15.9. The lowest BCUT2D eigenvalue weighted by Crippen LogP contribution is -2.39. The number of pyridine rings is 1. The van der Waals surface area contributed by atoms with Gasteiger partial charge in [-0.25, -0.2) is 8.42 Å². The number of hydrogen-bond acceptors (Lipinski definition) is 10. The summed E-state index contributed by atoms with van der Waals surface area (Å²) in [5.74, 6) is -1.01. The highest BCUT2D eigenvalue weighted by molar-refractivity contribution is 7.89. The second kappa shape index (κ2) is 9.66. The molecule has 1 aliphatic heterocycles. The molecule has 186 valence electrons. The molecule has 0 saturated carbocycles. The van der Waals surface area contributed by atoms with Gasteiger partial charge in [0.05, 0.1) is 11.5 Å². The molecule has 0 radical (unpaired) electrons. The Morgan fingerprint density at radius 1 is 1.41 bits per heavy atom. The van der Waals surface area contributed by atoms with Gasteiger partial charge in [0.15, 0.2) is 6.73 Å². The van der Waals surface area contributed by atoms with Crippen LogP contribution in [-0.2, 0) is 31.1 Å². The Morgan fingerprint density at radius 2 is 2.12 bits per heavy atom. The van der Waals surface area contributed by atoms with Crippen LogP contribution in [0.2, 0.25) is 0 Å². The number of carbonyl (C=O) groups is 1. The van der Waals surface area contributed by atoms with Crippen molar-refractivity contribution < 1.29 is 33.0 Å². The minimum absolute atomic E-state index is 0.0115. The van der Waals surface area contributed by atoms with Gasteiger partial charge in [-0.15, -0.1) is 10.1 Å². The number of aryl methyl sites for hydroxylation is 1. The zero-order chi connectivity index (χ0) is 25.3. The minimum atomic E-state index is -3.89. The standard InChI is InChI=1S/C20H26N4O9S/c1-13-8-22(12-32-19(27)20(2,10-25)11-33-24(28)29)18(26)15-4-3-5-16(17(13)15)34(30,31)23-7-6-14(21)9-23/h3-5,8,14,25H,6-7,9-12,21H2,1-2H3/t14-,20?/m0/s1. The predicted octanol–water partition coefficient (Wildman–Crippen LogP) is -0.261. The fraction of sp³-hybridized carbons (Fsp3) is 0.500. The van der Waals surface area contributed by atoms with E-state index in [0.29, 0.717) is 12.0 Å². The van der Waals surface area contributed by atoms with Crippen LogP contribution < -0.4 is 11.3 Å². The molecule has 1 aromatic carbocycles. The summed E-state index contributed by atoms with van der Waals surface area (Å²) in [6.45, 7) is 1.24. The maximum absolute atomic E-state index is 13.2. The third-order valence-corrected chi connectivity index (χ3v) is 7.64. The van der Waals surface area contributed by atoms with Crippen LogP contribution in [-0.4, -0.2) is 65.8 Å². The number of aliphatic hydroxyl groups excluding tert-OH is 1. The van der Waals surface area contributed by atoms with Gasteiger partial charge < -0.3 is 20.4 Å². The van der Waals surface area contributed by atoms with Gasteiger partial charge in [-0.05, 0) is 38.0 Å². The lowest BCUT2D eigenvalue weighted by Gasteiger charge is -2.24. The summed E-state index contributed by atoms with van der Waals surface area (Å²) < 4.78 is 33.9. The number of nitrogens with zero attached hydrogens (tertiary/aromatic N) is 3. The summed E-state index contributed by atoms with van der Waals surface area (Å²) in [5.41, 5.74) is 3.99. The van der Waals surface area contributed by atoms with E-state index in [4.69, 9.17) is 10.5 Å². The molecule has 1 fully saturated rings. The Kier molecular flexibility index (Phi) is 7.26. The summed E-state index contributed by atoms with van der Waals surface area (Å²) >= 11 is 0. The minimum Gasteiger partial charge on any atom is -0.443 e. The van der Waals surface area contributed by atoms with Crippen LogP contribution >= 0.6 is 0 Å². The summed E-state index contributed by atoms with van der Waals surface area (Å²) in [4.78, 5) is 40.1. The summed E-state index contributed by atoms with van der Waals surface area (Å²) in [5, 5.41) is 19.2. The van der Waals surface area contributed by atoms with Crippen molar-refractivity contribution in [2.75, 3.05) is 26.3 Å². The smallest absolute Gasteiger partial charge is 0.317 e. The molecule has 14 heteroatoms. The second-order valence-corrected chi connectivity index (χ2v) is 10.4. The molecule has 0 aliphatic carbocycles. The van der Waals surface area contributed by atoms with Crippen LogP contribution in [0.5, 0.6) is 0 Å². The zero-order valence-electron chi connectivity index (χ0n) is 18.7. The fourth-order valence-electron chi connectivity index (χ4n) is 3.72. The van der Waals surface area contributed by atoms with E-state index < -0.39 is 52.0 Å². The molecule has 2 atom stereocenters. The molecule has 0 bridgehead atoms. The predicted molar refractivity (Wildman–Crippen MR) is 119 cm³/mol. The van der Waals surface area contributed by atoms with Crippen LogP contribution in [0.25, 0.3) is 10.8 Å². The number of benzene rings is 1. The van der Waals surface area contributed by atoms with Crippen LogP contribution in [0.3, 0.4) is 0 Å². The maximum atomic E-state index is 13.2. The Balaban J connectivity index is 1.92. The molecular weight excluding hydrogens is 472 g/mol. The third kappa shape index (κ3) is 4.89. The SMILES string of the molecule is Cc1cn(COC(=O)C(C)(CO)CO[N+](=O)[O-])c(=O)c2cccc(S(=O)(=O)N3CC[C@H](N)C3)c12. The monoisotopic (exact) mass is 498 g/mol. The number of fused-ring (bicyclic) bond motifs is 1. The van der Waals surface area contributed by atoms with E-state index in [0.717, 1.165) is 4.57 Å². The van der Waals surface area contributed by atoms with E-state index in [2.05, 4.69) is 4.84 Å². The largest absolute Gasteiger partial charge is 0.443 e. The van der Waals surface area contributed by atoms with Crippen LogP contribution in [0.15, 0.2) is 34.1 Å². The number of rotatable bonds is 9. The number of carbonyl (C=O) groups excluding carboxylic acids is 1. The van der Waals surface area contributed by atoms with Crippen molar-refractivity contribution in [1.29, 1.82) is 0 Å². The van der Waals surface area contributed by atoms with Crippen LogP contribution in [0, 0.1) is 22.5 Å². The van der Waals surface area contributed by atoms with E-state index in [-0.39, 0.29) is 34.8 Å². The first-order valence-corrected chi connectivity index (χ1v) is 11.8. The third-order valence-electron chi connectivity index (χ3n) is 5.73. The lowest BCUT2D eigenvalue weighted by atomic mass is 9.93. The number of ether oxygens (including phenoxy) is 1. The van der Waals surface area contributed by atoms with Gasteiger partial charge in [0.25, 0.3) is 10.6 Å². The highest BCUT2D eigenvalue weighted by Gasteiger charge is 2.36. The number of sulfonamides is 1. The average Bonchev–Trinajstić information content (AvgIpc) is 3.25. The van der Waals surface area contributed by atoms with Crippen molar-refractivity contribution in [3.8, 4) is 0 Å². The summed E-state index contributed by atoms with van der Waals surface area (Å²) in [6, 6.07) is 4.11. The number of aromatic nitrogens is 1. The van der Waals surface area contributed by atoms with Gasteiger partial charge in [0.1, 0.15) is 12.0 Å². The molecule has 2 aromatic rings. The fourth-order valence-corrected chi connectivity index (χ4v) is 5.51. The number of esters is 1. The van der Waals surface area contributed by atoms with E-state index in [1.807, 2.05) is 0 Å². The van der Waals surface area contributed by atoms with Gasteiger partial charge in [-0.3, -0.25) is 14.2 Å². The Bertz CT molecular complexity index is 1280. The lowest BCUT2D eigenvalue weighted by molar-refractivity contribution is -0.760. The number of hydrogen-bond donors (Lipinski definition) is 2. The van der Waals surface area contributed by atoms with E-state index in [1.54, 1.807) is 6.92 Å². The molecule has 3 rings (SSSR count). The Hall–Kier alpha value is -3.07. The van der Waals surface area contributed by atoms with Gasteiger partial charge >= 0.3 is 5.97 Å². The molecular formula is C20H26N4O9S. The van der Waals surface area contributed by atoms with Crippen molar-refractivity contribution >= 4 is 26.8 Å². The molecule has 2 heterocycles. The molecule has 1 saturated heterocycles. The van der Waals surface area contributed by atoms with E-state index in [9.17, 15) is 33.2 Å². The molecule has 1 aliphatic rings. The van der Waals surface area contributed by atoms with E-state index in [1.165, 1.54) is 35.6 Å². The molecule has 0 amide bonds. The van der Waals surface area contributed by atoms with Crippen LogP contribution in [0.4, 0.5) is 0 Å². The van der Waals surface area contributed by atoms with Gasteiger partial charge in [-0.2, -0.15) is 4.31 Å². The first-order valence-electron chi connectivity index (χ1n) is 10.3. The Morgan fingerprint density at radius 3 is 2.71 bits per heavy atom. The first kappa shape index (κ1) is 25.6. The quantitative estimate of drug-likeness (QED) is 0.265. The van der Waals surface area contributed by atoms with Crippen molar-refractivity contribution in [3.63, 3.8) is 0 Å². The summed E-state index contributed by atoms with van der Waals surface area (Å²) in [6.07, 6.45) is 1.90. The van der Waals surface area contributed by atoms with Crippen molar-refractivity contribution in [2.24, 2.45) is 11.1 Å². The molecule has 3 N–H and O–H groups in total. The van der Waals surface area contributed by atoms with Gasteiger partial charge in [-0.1, -0.05) is 6.07 Å². The molecule has 0 spiro atoms. The maximum Gasteiger partial charge on any atom is 0.317 e. The molecule has 1 aromatic heterocycles. The van der Waals surface area contributed by atoms with Crippen LogP contribution in [0.1, 0.15) is 18.9 Å². The van der Waals surface area contributed by atoms with E-state index >= 15 is 0 Å². The number of nitrogens with two attached hydrogens (primary N) is 1. The highest BCUT2D eigenvalue weighted by Crippen LogP contribution is 2.29. The summed E-state index contributed by atoms with van der Waals surface area (Å²) in [7, 11) is -3.89. The second-order valence-electron chi connectivity index (χ2n) is 8.45. The Labute approximate surface area is 194 Å². The topological polar surface area (TPSA) is 184 Å². The molecule has 34 heavy (non-hydrogen) atoms. The van der Waals surface area contributed by atoms with Gasteiger partial charge in [0.2, 0.25) is 10.0 Å². The van der Waals surface area contributed by atoms with Crippen molar-refractivity contribution in [1.82, 2.24) is 8.87 Å². The normalized spacial score (nSPS) is 18.5. The van der Waals surface area contributed by atoms with Crippen molar-refractivity contribution in [3.05, 3.63) is 50.4 Å². The number of aliphatic hydroxyl groups is 1.